The lowest BCUT2D eigenvalue weighted by Gasteiger charge is -2.42. The van der Waals surface area contributed by atoms with Gasteiger partial charge in [-0.3, -0.25) is 4.79 Å². The van der Waals surface area contributed by atoms with Crippen LogP contribution in [0.5, 0.6) is 0 Å². The summed E-state index contributed by atoms with van der Waals surface area (Å²) in [5.41, 5.74) is -0.187. The molecule has 1 fully saturated rings. The number of hydrogen-bond acceptors (Lipinski definition) is 2. The van der Waals surface area contributed by atoms with Gasteiger partial charge in [-0.1, -0.05) is 13.3 Å². The molecular formula is C12H23NO2. The quantitative estimate of drug-likeness (QED) is 0.711. The SMILES string of the molecule is CCC1(CNCC(C)(C)C(=O)O)CCC1. The third-order valence-corrected chi connectivity index (χ3v) is 3.81. The van der Waals surface area contributed by atoms with E-state index in [0.29, 0.717) is 12.0 Å². The molecule has 0 aromatic rings. The lowest BCUT2D eigenvalue weighted by molar-refractivity contribution is -0.146. The van der Waals surface area contributed by atoms with E-state index in [-0.39, 0.29) is 0 Å². The van der Waals surface area contributed by atoms with Crippen molar-refractivity contribution in [1.29, 1.82) is 0 Å². The molecule has 0 bridgehead atoms. The van der Waals surface area contributed by atoms with Crippen LogP contribution in [0.1, 0.15) is 46.5 Å². The first-order valence-corrected chi connectivity index (χ1v) is 5.86. The molecule has 0 saturated heterocycles. The first kappa shape index (κ1) is 12.5. The van der Waals surface area contributed by atoms with Crippen LogP contribution < -0.4 is 5.32 Å². The summed E-state index contributed by atoms with van der Waals surface area (Å²) >= 11 is 0. The van der Waals surface area contributed by atoms with Crippen molar-refractivity contribution in [3.63, 3.8) is 0 Å². The molecule has 1 aliphatic rings. The van der Waals surface area contributed by atoms with Crippen molar-refractivity contribution in [2.75, 3.05) is 13.1 Å². The van der Waals surface area contributed by atoms with Gasteiger partial charge in [-0.05, 0) is 38.5 Å². The van der Waals surface area contributed by atoms with E-state index in [0.717, 1.165) is 6.54 Å². The number of nitrogens with one attached hydrogen (secondary N) is 1. The van der Waals surface area contributed by atoms with E-state index in [1.165, 1.54) is 25.7 Å². The summed E-state index contributed by atoms with van der Waals surface area (Å²) in [7, 11) is 0. The van der Waals surface area contributed by atoms with E-state index in [1.54, 1.807) is 13.8 Å². The smallest absolute Gasteiger partial charge is 0.310 e. The fraction of sp³-hybridized carbons (Fsp3) is 0.917. The second-order valence-electron chi connectivity index (χ2n) is 5.50. The highest BCUT2D eigenvalue weighted by atomic mass is 16.4. The molecule has 0 aromatic carbocycles. The average Bonchev–Trinajstić information content (AvgIpc) is 2.09. The summed E-state index contributed by atoms with van der Waals surface area (Å²) in [6.07, 6.45) is 5.12. The summed E-state index contributed by atoms with van der Waals surface area (Å²) in [4.78, 5) is 10.9. The molecule has 88 valence electrons. The van der Waals surface area contributed by atoms with Crippen LogP contribution in [0, 0.1) is 10.8 Å². The summed E-state index contributed by atoms with van der Waals surface area (Å²) in [5.74, 6) is -0.728. The van der Waals surface area contributed by atoms with Crippen LogP contribution >= 0.6 is 0 Å². The third-order valence-electron chi connectivity index (χ3n) is 3.81. The lowest BCUT2D eigenvalue weighted by atomic mass is 9.67. The molecule has 2 N–H and O–H groups in total. The van der Waals surface area contributed by atoms with Crippen molar-refractivity contribution in [1.82, 2.24) is 5.32 Å². The molecule has 15 heavy (non-hydrogen) atoms. The number of aliphatic carboxylic acids is 1. The standard InChI is InChI=1S/C12H23NO2/c1-4-12(6-5-7-12)9-13-8-11(2,3)10(14)15/h13H,4-9H2,1-3H3,(H,14,15). The maximum Gasteiger partial charge on any atom is 0.310 e. The molecule has 0 aliphatic heterocycles. The highest BCUT2D eigenvalue weighted by Gasteiger charge is 2.35. The zero-order chi connectivity index (χ0) is 11.5. The van der Waals surface area contributed by atoms with Crippen LogP contribution in [-0.2, 0) is 4.79 Å². The van der Waals surface area contributed by atoms with Crippen LogP contribution in [0.25, 0.3) is 0 Å². The minimum absolute atomic E-state index is 0.467. The largest absolute Gasteiger partial charge is 0.481 e. The van der Waals surface area contributed by atoms with Crippen LogP contribution in [0.2, 0.25) is 0 Å². The fourth-order valence-electron chi connectivity index (χ4n) is 2.05. The Kier molecular flexibility index (Phi) is 3.77. The monoisotopic (exact) mass is 213 g/mol. The van der Waals surface area contributed by atoms with Crippen LogP contribution in [0.15, 0.2) is 0 Å². The summed E-state index contributed by atoms with van der Waals surface area (Å²) in [6.45, 7) is 7.29. The maximum atomic E-state index is 10.9. The maximum absolute atomic E-state index is 10.9. The molecule has 0 aromatic heterocycles. The molecule has 0 unspecified atom stereocenters. The van der Waals surface area contributed by atoms with E-state index in [1.807, 2.05) is 0 Å². The van der Waals surface area contributed by atoms with Gasteiger partial charge >= 0.3 is 5.97 Å². The molecule has 0 radical (unpaired) electrons. The highest BCUT2D eigenvalue weighted by molar-refractivity contribution is 5.73. The van der Waals surface area contributed by atoms with Gasteiger partial charge < -0.3 is 10.4 Å². The van der Waals surface area contributed by atoms with Crippen LogP contribution in [0.4, 0.5) is 0 Å². The Hall–Kier alpha value is -0.570. The van der Waals surface area contributed by atoms with Gasteiger partial charge in [0, 0.05) is 13.1 Å². The Morgan fingerprint density at radius 2 is 2.07 bits per heavy atom. The Morgan fingerprint density at radius 3 is 2.40 bits per heavy atom. The van der Waals surface area contributed by atoms with Crippen molar-refractivity contribution in [3.8, 4) is 0 Å². The van der Waals surface area contributed by atoms with Crippen molar-refractivity contribution < 1.29 is 9.90 Å². The number of carboxylic acids is 1. The number of rotatable bonds is 6. The summed E-state index contributed by atoms with van der Waals surface area (Å²) in [6, 6.07) is 0. The van der Waals surface area contributed by atoms with Gasteiger partial charge in [0.25, 0.3) is 0 Å². The summed E-state index contributed by atoms with van der Waals surface area (Å²) in [5, 5.41) is 12.3. The van der Waals surface area contributed by atoms with Gasteiger partial charge in [-0.15, -0.1) is 0 Å². The van der Waals surface area contributed by atoms with E-state index >= 15 is 0 Å². The lowest BCUT2D eigenvalue weighted by Crippen LogP contribution is -2.44. The van der Waals surface area contributed by atoms with Gasteiger partial charge in [0.05, 0.1) is 5.41 Å². The van der Waals surface area contributed by atoms with Crippen molar-refractivity contribution >= 4 is 5.97 Å². The zero-order valence-electron chi connectivity index (χ0n) is 10.1. The number of carboxylic acid groups (broad SMARTS) is 1. The van der Waals surface area contributed by atoms with Crippen LogP contribution in [0.3, 0.4) is 0 Å². The Balaban J connectivity index is 2.29. The van der Waals surface area contributed by atoms with E-state index in [2.05, 4.69) is 12.2 Å². The fourth-order valence-corrected chi connectivity index (χ4v) is 2.05. The summed E-state index contributed by atoms with van der Waals surface area (Å²) < 4.78 is 0. The van der Waals surface area contributed by atoms with E-state index in [9.17, 15) is 4.79 Å². The second kappa shape index (κ2) is 4.52. The molecule has 1 saturated carbocycles. The molecule has 0 spiro atoms. The zero-order valence-corrected chi connectivity index (χ0v) is 10.1. The second-order valence-corrected chi connectivity index (χ2v) is 5.50. The molecular weight excluding hydrogens is 190 g/mol. The van der Waals surface area contributed by atoms with Crippen molar-refractivity contribution in [2.45, 2.75) is 46.5 Å². The molecule has 0 atom stereocenters. The molecule has 3 nitrogen and oxygen atoms in total. The topological polar surface area (TPSA) is 49.3 Å². The Bertz CT molecular complexity index is 226. The number of hydrogen-bond donors (Lipinski definition) is 2. The minimum Gasteiger partial charge on any atom is -0.481 e. The van der Waals surface area contributed by atoms with E-state index < -0.39 is 11.4 Å². The van der Waals surface area contributed by atoms with Crippen molar-refractivity contribution in [2.24, 2.45) is 10.8 Å². The molecule has 1 rings (SSSR count). The van der Waals surface area contributed by atoms with Gasteiger partial charge in [0.2, 0.25) is 0 Å². The number of carbonyl (C=O) groups is 1. The highest BCUT2D eigenvalue weighted by Crippen LogP contribution is 2.43. The third kappa shape index (κ3) is 2.94. The molecule has 1 aliphatic carbocycles. The van der Waals surface area contributed by atoms with Gasteiger partial charge in [-0.25, -0.2) is 0 Å². The van der Waals surface area contributed by atoms with Crippen LogP contribution in [-0.4, -0.2) is 24.2 Å². The van der Waals surface area contributed by atoms with Gasteiger partial charge in [0.15, 0.2) is 0 Å². The van der Waals surface area contributed by atoms with E-state index in [4.69, 9.17) is 5.11 Å². The molecule has 0 amide bonds. The Labute approximate surface area is 92.3 Å². The normalized spacial score (nSPS) is 19.7. The first-order chi connectivity index (χ1) is 6.92. The van der Waals surface area contributed by atoms with Gasteiger partial charge in [-0.2, -0.15) is 0 Å². The Morgan fingerprint density at radius 1 is 1.47 bits per heavy atom. The predicted molar refractivity (Wildman–Crippen MR) is 60.9 cm³/mol. The molecule has 0 heterocycles. The average molecular weight is 213 g/mol. The molecule has 3 heteroatoms. The predicted octanol–water partition coefficient (Wildman–Crippen LogP) is 2.27. The minimum atomic E-state index is -0.728. The van der Waals surface area contributed by atoms with Gasteiger partial charge in [0.1, 0.15) is 0 Å². The van der Waals surface area contributed by atoms with Crippen molar-refractivity contribution in [3.05, 3.63) is 0 Å². The first-order valence-electron chi connectivity index (χ1n) is 5.86.